The Labute approximate surface area is 154 Å². The van der Waals surface area contributed by atoms with Gasteiger partial charge in [0.15, 0.2) is 0 Å². The highest BCUT2D eigenvalue weighted by molar-refractivity contribution is 9.10. The van der Waals surface area contributed by atoms with Crippen LogP contribution in [0.15, 0.2) is 16.6 Å². The van der Waals surface area contributed by atoms with Crippen LogP contribution >= 0.6 is 15.9 Å². The number of rotatable bonds is 2. The van der Waals surface area contributed by atoms with Gasteiger partial charge in [0.1, 0.15) is 16.9 Å². The van der Waals surface area contributed by atoms with Crippen molar-refractivity contribution in [1.82, 2.24) is 19.9 Å². The zero-order valence-electron chi connectivity index (χ0n) is 14.6. The molecule has 0 N–H and O–H groups in total. The van der Waals surface area contributed by atoms with E-state index in [9.17, 15) is 9.18 Å². The lowest BCUT2D eigenvalue weighted by Crippen LogP contribution is -2.48. The maximum atomic E-state index is 13.6. The van der Waals surface area contributed by atoms with Crippen LogP contribution in [0.25, 0.3) is 11.0 Å². The number of carbonyl (C=O) groups is 1. The summed E-state index contributed by atoms with van der Waals surface area (Å²) >= 11 is 3.20. The molecular formula is C17H22BrFN4O2. The van der Waals surface area contributed by atoms with E-state index in [1.807, 2.05) is 20.8 Å². The number of amides is 1. The normalized spacial score (nSPS) is 18.6. The fourth-order valence-corrected chi connectivity index (χ4v) is 3.38. The quantitative estimate of drug-likeness (QED) is 0.743. The van der Waals surface area contributed by atoms with E-state index < -0.39 is 5.60 Å². The smallest absolute Gasteiger partial charge is 0.410 e. The number of likely N-dealkylation sites (tertiary alicyclic amines) is 1. The Kier molecular flexibility index (Phi) is 4.99. The van der Waals surface area contributed by atoms with Crippen molar-refractivity contribution >= 4 is 33.1 Å². The Bertz CT molecular complexity index is 787. The molecule has 1 fully saturated rings. The second-order valence-corrected chi connectivity index (χ2v) is 8.20. The molecule has 1 saturated heterocycles. The number of piperidine rings is 1. The van der Waals surface area contributed by atoms with Gasteiger partial charge >= 0.3 is 6.09 Å². The molecule has 1 atom stereocenters. The largest absolute Gasteiger partial charge is 0.444 e. The monoisotopic (exact) mass is 412 g/mol. The molecule has 1 unspecified atom stereocenters. The minimum Gasteiger partial charge on any atom is -0.444 e. The highest BCUT2D eigenvalue weighted by Crippen LogP contribution is 2.25. The van der Waals surface area contributed by atoms with Gasteiger partial charge in [0.25, 0.3) is 0 Å². The van der Waals surface area contributed by atoms with Crippen molar-refractivity contribution < 1.29 is 13.9 Å². The van der Waals surface area contributed by atoms with Gasteiger partial charge in [-0.25, -0.2) is 13.9 Å². The summed E-state index contributed by atoms with van der Waals surface area (Å²) in [7, 11) is 0. The highest BCUT2D eigenvalue weighted by Gasteiger charge is 2.31. The molecule has 0 spiro atoms. The summed E-state index contributed by atoms with van der Waals surface area (Å²) < 4.78 is 21.3. The van der Waals surface area contributed by atoms with Crippen LogP contribution in [0.4, 0.5) is 9.18 Å². The molecule has 2 aromatic rings. The number of fused-ring (bicyclic) bond motifs is 1. The van der Waals surface area contributed by atoms with Crippen LogP contribution in [0.1, 0.15) is 40.0 Å². The second-order valence-electron chi connectivity index (χ2n) is 7.35. The molecule has 1 aliphatic rings. The Balaban J connectivity index is 1.82. The van der Waals surface area contributed by atoms with Gasteiger partial charge in [-0.3, -0.25) is 0 Å². The summed E-state index contributed by atoms with van der Waals surface area (Å²) in [5.74, 6) is -0.368. The van der Waals surface area contributed by atoms with E-state index in [0.29, 0.717) is 23.1 Å². The molecule has 0 aliphatic carbocycles. The van der Waals surface area contributed by atoms with E-state index in [4.69, 9.17) is 4.74 Å². The van der Waals surface area contributed by atoms with Gasteiger partial charge in [-0.05, 0) is 62.0 Å². The summed E-state index contributed by atoms with van der Waals surface area (Å²) in [5.41, 5.74) is 0.713. The van der Waals surface area contributed by atoms with Gasteiger partial charge in [-0.15, -0.1) is 5.10 Å². The number of halogens is 2. The molecule has 25 heavy (non-hydrogen) atoms. The minimum atomic E-state index is -0.526. The standard InChI is InChI=1S/C17H22BrFN4O2/c1-17(2,3)25-16(24)22-7-5-4-6-11(22)10-23-15-8-12(18)13(19)9-14(15)20-21-23/h8-9,11H,4-7,10H2,1-3H3. The van der Waals surface area contributed by atoms with Gasteiger partial charge < -0.3 is 9.64 Å². The third-order valence-electron chi connectivity index (χ3n) is 4.19. The van der Waals surface area contributed by atoms with Crippen LogP contribution in [0.5, 0.6) is 0 Å². The SMILES string of the molecule is CC(C)(C)OC(=O)N1CCCCC1Cn1nnc2cc(F)c(Br)cc21. The van der Waals surface area contributed by atoms with Crippen molar-refractivity contribution in [2.45, 2.75) is 58.2 Å². The van der Waals surface area contributed by atoms with Gasteiger partial charge in [0.2, 0.25) is 0 Å². The molecule has 1 amide bonds. The Morgan fingerprint density at radius 1 is 1.40 bits per heavy atom. The van der Waals surface area contributed by atoms with Crippen LogP contribution in [0.3, 0.4) is 0 Å². The molecule has 1 aromatic carbocycles. The van der Waals surface area contributed by atoms with Gasteiger partial charge in [0, 0.05) is 12.6 Å². The van der Waals surface area contributed by atoms with Crippen molar-refractivity contribution in [2.75, 3.05) is 6.54 Å². The van der Waals surface area contributed by atoms with Crippen molar-refractivity contribution in [3.8, 4) is 0 Å². The number of hydrogen-bond donors (Lipinski definition) is 0. The molecule has 1 aromatic heterocycles. The van der Waals surface area contributed by atoms with Crippen molar-refractivity contribution in [2.24, 2.45) is 0 Å². The second kappa shape index (κ2) is 6.90. The summed E-state index contributed by atoms with van der Waals surface area (Å²) in [6, 6.07) is 3.01. The Morgan fingerprint density at radius 2 is 2.16 bits per heavy atom. The van der Waals surface area contributed by atoms with Crippen LogP contribution in [0, 0.1) is 5.82 Å². The third-order valence-corrected chi connectivity index (χ3v) is 4.80. The first-order valence-corrected chi connectivity index (χ1v) is 9.22. The fraction of sp³-hybridized carbons (Fsp3) is 0.588. The van der Waals surface area contributed by atoms with Crippen molar-refractivity contribution in [3.05, 3.63) is 22.4 Å². The Hall–Kier alpha value is -1.70. The van der Waals surface area contributed by atoms with Crippen LogP contribution in [0.2, 0.25) is 0 Å². The number of hydrogen-bond acceptors (Lipinski definition) is 4. The molecular weight excluding hydrogens is 391 g/mol. The molecule has 2 heterocycles. The third kappa shape index (κ3) is 4.11. The van der Waals surface area contributed by atoms with Crippen molar-refractivity contribution in [3.63, 3.8) is 0 Å². The summed E-state index contributed by atoms with van der Waals surface area (Å²) in [4.78, 5) is 14.3. The molecule has 0 saturated carbocycles. The van der Waals surface area contributed by atoms with E-state index in [1.165, 1.54) is 6.07 Å². The lowest BCUT2D eigenvalue weighted by atomic mass is 10.0. The maximum Gasteiger partial charge on any atom is 0.410 e. The summed E-state index contributed by atoms with van der Waals surface area (Å²) in [6.45, 7) is 6.76. The molecule has 0 bridgehead atoms. The van der Waals surface area contributed by atoms with E-state index in [1.54, 1.807) is 15.6 Å². The number of carbonyl (C=O) groups excluding carboxylic acids is 1. The molecule has 136 valence electrons. The average Bonchev–Trinajstić information content (AvgIpc) is 2.89. The zero-order valence-corrected chi connectivity index (χ0v) is 16.2. The topological polar surface area (TPSA) is 60.2 Å². The maximum absolute atomic E-state index is 13.6. The van der Waals surface area contributed by atoms with Gasteiger partial charge in [-0.1, -0.05) is 5.21 Å². The van der Waals surface area contributed by atoms with E-state index >= 15 is 0 Å². The molecule has 0 radical (unpaired) electrons. The lowest BCUT2D eigenvalue weighted by Gasteiger charge is -2.36. The van der Waals surface area contributed by atoms with E-state index in [2.05, 4.69) is 26.2 Å². The summed E-state index contributed by atoms with van der Waals surface area (Å²) in [6.07, 6.45) is 2.59. The first-order chi connectivity index (χ1) is 11.7. The molecule has 3 rings (SSSR count). The number of aromatic nitrogens is 3. The molecule has 6 nitrogen and oxygen atoms in total. The molecule has 1 aliphatic heterocycles. The van der Waals surface area contributed by atoms with Crippen LogP contribution < -0.4 is 0 Å². The highest BCUT2D eigenvalue weighted by atomic mass is 79.9. The lowest BCUT2D eigenvalue weighted by molar-refractivity contribution is 0.00748. The first kappa shape index (κ1) is 18.1. The van der Waals surface area contributed by atoms with E-state index in [-0.39, 0.29) is 18.0 Å². The van der Waals surface area contributed by atoms with E-state index in [0.717, 1.165) is 24.8 Å². The number of ether oxygens (including phenoxy) is 1. The van der Waals surface area contributed by atoms with Gasteiger partial charge in [0.05, 0.1) is 22.6 Å². The van der Waals surface area contributed by atoms with Crippen LogP contribution in [-0.4, -0.2) is 44.2 Å². The predicted molar refractivity (Wildman–Crippen MR) is 95.8 cm³/mol. The zero-order chi connectivity index (χ0) is 18.2. The van der Waals surface area contributed by atoms with Crippen molar-refractivity contribution in [1.29, 1.82) is 0 Å². The average molecular weight is 413 g/mol. The number of nitrogens with zero attached hydrogens (tertiary/aromatic N) is 4. The summed E-state index contributed by atoms with van der Waals surface area (Å²) in [5, 5.41) is 8.17. The first-order valence-electron chi connectivity index (χ1n) is 8.42. The van der Waals surface area contributed by atoms with Crippen LogP contribution in [-0.2, 0) is 11.3 Å². The van der Waals surface area contributed by atoms with Gasteiger partial charge in [-0.2, -0.15) is 0 Å². The number of benzene rings is 1. The Morgan fingerprint density at radius 3 is 2.88 bits per heavy atom. The minimum absolute atomic E-state index is 0.0164. The molecule has 8 heteroatoms. The fourth-order valence-electron chi connectivity index (χ4n) is 3.05. The predicted octanol–water partition coefficient (Wildman–Crippen LogP) is 4.12.